The van der Waals surface area contributed by atoms with Gasteiger partial charge in [0, 0.05) is 38.3 Å². The minimum Gasteiger partial charge on any atom is -0.376 e. The van der Waals surface area contributed by atoms with Crippen molar-refractivity contribution in [1.82, 2.24) is 4.90 Å². The van der Waals surface area contributed by atoms with Gasteiger partial charge in [-0.25, -0.2) is 0 Å². The Balaban J connectivity index is 1.49. The number of amides is 2. The van der Waals surface area contributed by atoms with Crippen LogP contribution in [0.25, 0.3) is 0 Å². The van der Waals surface area contributed by atoms with Crippen LogP contribution in [0, 0.1) is 5.92 Å². The van der Waals surface area contributed by atoms with Crippen LogP contribution in [0.2, 0.25) is 0 Å². The summed E-state index contributed by atoms with van der Waals surface area (Å²) in [7, 11) is 0. The second kappa shape index (κ2) is 8.57. The molecule has 2 aromatic rings. The molecular formula is C23H26N2O3. The fourth-order valence-corrected chi connectivity index (χ4v) is 4.06. The summed E-state index contributed by atoms with van der Waals surface area (Å²) < 4.78 is 5.77. The molecule has 0 radical (unpaired) electrons. The van der Waals surface area contributed by atoms with Crippen molar-refractivity contribution in [2.45, 2.75) is 31.9 Å². The average Bonchev–Trinajstić information content (AvgIpc) is 3.38. The van der Waals surface area contributed by atoms with Crippen LogP contribution in [0.3, 0.4) is 0 Å². The maximum absolute atomic E-state index is 13.4. The monoisotopic (exact) mass is 378 g/mol. The Kier molecular flexibility index (Phi) is 5.72. The lowest BCUT2D eigenvalue weighted by Crippen LogP contribution is -2.41. The Labute approximate surface area is 165 Å². The summed E-state index contributed by atoms with van der Waals surface area (Å²) in [6.07, 6.45) is 2.39. The summed E-state index contributed by atoms with van der Waals surface area (Å²) >= 11 is 0. The fraction of sp³-hybridized carbons (Fsp3) is 0.391. The number of carbonyl (C=O) groups is 2. The van der Waals surface area contributed by atoms with Gasteiger partial charge in [-0.1, -0.05) is 48.5 Å². The summed E-state index contributed by atoms with van der Waals surface area (Å²) in [4.78, 5) is 29.5. The molecule has 5 nitrogen and oxygen atoms in total. The molecule has 2 atom stereocenters. The second-order valence-electron chi connectivity index (χ2n) is 7.58. The van der Waals surface area contributed by atoms with E-state index in [1.807, 2.05) is 65.6 Å². The van der Waals surface area contributed by atoms with Crippen LogP contribution < -0.4 is 4.90 Å². The van der Waals surface area contributed by atoms with E-state index in [0.717, 1.165) is 30.7 Å². The molecule has 0 aliphatic carbocycles. The summed E-state index contributed by atoms with van der Waals surface area (Å²) in [6.45, 7) is 2.35. The molecule has 0 spiro atoms. The van der Waals surface area contributed by atoms with Crippen molar-refractivity contribution in [2.75, 3.05) is 24.6 Å². The van der Waals surface area contributed by atoms with E-state index < -0.39 is 0 Å². The predicted octanol–water partition coefficient (Wildman–Crippen LogP) is 3.25. The van der Waals surface area contributed by atoms with E-state index in [0.29, 0.717) is 19.6 Å². The lowest BCUT2D eigenvalue weighted by molar-refractivity contribution is -0.138. The van der Waals surface area contributed by atoms with Crippen LogP contribution in [0.5, 0.6) is 0 Å². The highest BCUT2D eigenvalue weighted by Crippen LogP contribution is 2.27. The van der Waals surface area contributed by atoms with E-state index in [-0.39, 0.29) is 30.3 Å². The number of nitrogens with zero attached hydrogens (tertiary/aromatic N) is 2. The molecule has 0 bridgehead atoms. The third kappa shape index (κ3) is 4.25. The van der Waals surface area contributed by atoms with E-state index in [1.165, 1.54) is 0 Å². The first-order valence-electron chi connectivity index (χ1n) is 10.0. The molecule has 4 rings (SSSR count). The molecule has 2 fully saturated rings. The molecule has 28 heavy (non-hydrogen) atoms. The van der Waals surface area contributed by atoms with Crippen molar-refractivity contribution >= 4 is 17.5 Å². The zero-order valence-corrected chi connectivity index (χ0v) is 16.0. The zero-order chi connectivity index (χ0) is 19.3. The third-order valence-corrected chi connectivity index (χ3v) is 5.52. The van der Waals surface area contributed by atoms with Crippen molar-refractivity contribution < 1.29 is 14.3 Å². The lowest BCUT2D eigenvalue weighted by atomic mass is 10.1. The van der Waals surface area contributed by atoms with Gasteiger partial charge in [0.2, 0.25) is 11.8 Å². The summed E-state index contributed by atoms with van der Waals surface area (Å²) in [5.41, 5.74) is 1.95. The van der Waals surface area contributed by atoms with Gasteiger partial charge in [-0.05, 0) is 30.5 Å². The summed E-state index contributed by atoms with van der Waals surface area (Å²) in [5, 5.41) is 0. The zero-order valence-electron chi connectivity index (χ0n) is 16.0. The number of para-hydroxylation sites is 1. The van der Waals surface area contributed by atoms with Gasteiger partial charge in [0.05, 0.1) is 12.0 Å². The first-order chi connectivity index (χ1) is 13.7. The Bertz CT molecular complexity index is 803. The highest BCUT2D eigenvalue weighted by atomic mass is 16.5. The molecule has 146 valence electrons. The number of ether oxygens (including phenoxy) is 1. The molecular weight excluding hydrogens is 352 g/mol. The van der Waals surface area contributed by atoms with Crippen molar-refractivity contribution in [1.29, 1.82) is 0 Å². The van der Waals surface area contributed by atoms with Gasteiger partial charge >= 0.3 is 0 Å². The standard InChI is InChI=1S/C23H26N2O3/c26-22-14-19(16-25(22)20-10-5-2-6-11-20)23(27)24(17-21-12-7-13-28-21)15-18-8-3-1-4-9-18/h1-6,8-11,19,21H,7,12-17H2. The van der Waals surface area contributed by atoms with Crippen LogP contribution in [0.1, 0.15) is 24.8 Å². The number of benzene rings is 2. The predicted molar refractivity (Wildman–Crippen MR) is 108 cm³/mol. The lowest BCUT2D eigenvalue weighted by Gasteiger charge is -2.28. The van der Waals surface area contributed by atoms with E-state index in [1.54, 1.807) is 4.90 Å². The third-order valence-electron chi connectivity index (χ3n) is 5.52. The van der Waals surface area contributed by atoms with Crippen LogP contribution >= 0.6 is 0 Å². The Morgan fingerprint density at radius 1 is 1.07 bits per heavy atom. The molecule has 2 heterocycles. The number of carbonyl (C=O) groups excluding carboxylic acids is 2. The topological polar surface area (TPSA) is 49.9 Å². The Morgan fingerprint density at radius 2 is 1.79 bits per heavy atom. The molecule has 2 aliphatic rings. The van der Waals surface area contributed by atoms with E-state index in [2.05, 4.69) is 0 Å². The van der Waals surface area contributed by atoms with Crippen molar-refractivity contribution in [2.24, 2.45) is 5.92 Å². The highest BCUT2D eigenvalue weighted by Gasteiger charge is 2.38. The van der Waals surface area contributed by atoms with Gasteiger partial charge in [-0.15, -0.1) is 0 Å². The number of rotatable bonds is 6. The van der Waals surface area contributed by atoms with Gasteiger partial charge in [0.15, 0.2) is 0 Å². The summed E-state index contributed by atoms with van der Waals surface area (Å²) in [5.74, 6) is -0.245. The van der Waals surface area contributed by atoms with Crippen molar-refractivity contribution in [3.8, 4) is 0 Å². The first-order valence-corrected chi connectivity index (χ1v) is 10.0. The van der Waals surface area contributed by atoms with Gasteiger partial charge < -0.3 is 14.5 Å². The van der Waals surface area contributed by atoms with Gasteiger partial charge in [-0.3, -0.25) is 9.59 Å². The van der Waals surface area contributed by atoms with Crippen molar-refractivity contribution in [3.63, 3.8) is 0 Å². The average molecular weight is 378 g/mol. The molecule has 0 N–H and O–H groups in total. The largest absolute Gasteiger partial charge is 0.376 e. The van der Waals surface area contributed by atoms with Crippen LogP contribution in [0.4, 0.5) is 5.69 Å². The van der Waals surface area contributed by atoms with E-state index in [9.17, 15) is 9.59 Å². The fourth-order valence-electron chi connectivity index (χ4n) is 4.06. The Morgan fingerprint density at radius 3 is 2.46 bits per heavy atom. The second-order valence-corrected chi connectivity index (χ2v) is 7.58. The number of anilines is 1. The van der Waals surface area contributed by atoms with Crippen LogP contribution in [-0.2, 0) is 20.9 Å². The molecule has 2 unspecified atom stereocenters. The molecule has 2 amide bonds. The normalized spacial score (nSPS) is 21.9. The van der Waals surface area contributed by atoms with Crippen LogP contribution in [-0.4, -0.2) is 42.5 Å². The van der Waals surface area contributed by atoms with E-state index >= 15 is 0 Å². The highest BCUT2D eigenvalue weighted by molar-refractivity contribution is 6.00. The van der Waals surface area contributed by atoms with Crippen LogP contribution in [0.15, 0.2) is 60.7 Å². The minimum atomic E-state index is -0.308. The number of hydrogen-bond donors (Lipinski definition) is 0. The van der Waals surface area contributed by atoms with Crippen molar-refractivity contribution in [3.05, 3.63) is 66.2 Å². The molecule has 0 aromatic heterocycles. The molecule has 0 saturated carbocycles. The molecule has 2 saturated heterocycles. The smallest absolute Gasteiger partial charge is 0.228 e. The van der Waals surface area contributed by atoms with Gasteiger partial charge in [-0.2, -0.15) is 0 Å². The van der Waals surface area contributed by atoms with Gasteiger partial charge in [0.25, 0.3) is 0 Å². The van der Waals surface area contributed by atoms with Gasteiger partial charge in [0.1, 0.15) is 0 Å². The Hall–Kier alpha value is -2.66. The minimum absolute atomic E-state index is 0.0151. The summed E-state index contributed by atoms with van der Waals surface area (Å²) in [6, 6.07) is 19.6. The molecule has 2 aliphatic heterocycles. The SMILES string of the molecule is O=C(C1CC(=O)N(c2ccccc2)C1)N(Cc1ccccc1)CC1CCCO1. The number of hydrogen-bond acceptors (Lipinski definition) is 3. The molecule has 5 heteroatoms. The maximum atomic E-state index is 13.4. The molecule has 2 aromatic carbocycles. The maximum Gasteiger partial charge on any atom is 0.228 e. The first kappa shape index (κ1) is 18.7. The quantitative estimate of drug-likeness (QED) is 0.775. The van der Waals surface area contributed by atoms with E-state index in [4.69, 9.17) is 4.74 Å².